The number of carbonyl (C=O) groups excluding carboxylic acids is 1. The number of amides is 1. The van der Waals surface area contributed by atoms with Crippen LogP contribution >= 0.6 is 23.5 Å². The Morgan fingerprint density at radius 1 is 1.17 bits per heavy atom. The molecule has 0 radical (unpaired) electrons. The lowest BCUT2D eigenvalue weighted by atomic mass is 10.2. The third kappa shape index (κ3) is 6.40. The Balaban J connectivity index is 1.55. The van der Waals surface area contributed by atoms with E-state index in [1.54, 1.807) is 24.9 Å². The summed E-state index contributed by atoms with van der Waals surface area (Å²) in [5, 5.41) is 12.2. The van der Waals surface area contributed by atoms with Crippen LogP contribution in [0, 0.1) is 0 Å². The number of carbonyl (C=O) groups is 1. The van der Waals surface area contributed by atoms with Crippen LogP contribution in [-0.4, -0.2) is 33.5 Å². The number of methoxy groups -OCH3 is 1. The molecular formula is C22H24N4O2S2. The van der Waals surface area contributed by atoms with E-state index in [1.807, 2.05) is 47.0 Å². The van der Waals surface area contributed by atoms with Crippen molar-refractivity contribution in [3.8, 4) is 5.75 Å². The molecule has 0 saturated heterocycles. The number of anilines is 1. The van der Waals surface area contributed by atoms with Crippen LogP contribution in [0.15, 0.2) is 72.4 Å². The molecule has 2 aromatic carbocycles. The number of thioether (sulfide) groups is 2. The number of aromatic nitrogens is 3. The van der Waals surface area contributed by atoms with Gasteiger partial charge in [0.1, 0.15) is 11.6 Å². The molecule has 1 N–H and O–H groups in total. The summed E-state index contributed by atoms with van der Waals surface area (Å²) in [6.45, 7) is 4.43. The molecule has 156 valence electrons. The SMILES string of the molecule is C=CCn1c(CSCc2ccccc2)nnc1SCC(=O)Nc1cccc(OC)c1. The highest BCUT2D eigenvalue weighted by Gasteiger charge is 2.14. The van der Waals surface area contributed by atoms with Crippen molar-refractivity contribution in [1.29, 1.82) is 0 Å². The Labute approximate surface area is 185 Å². The molecule has 0 fully saturated rings. The molecule has 8 heteroatoms. The van der Waals surface area contributed by atoms with Gasteiger partial charge in [-0.1, -0.05) is 54.2 Å². The molecule has 0 aliphatic rings. The Morgan fingerprint density at radius 2 is 2.00 bits per heavy atom. The van der Waals surface area contributed by atoms with Gasteiger partial charge in [0.25, 0.3) is 0 Å². The van der Waals surface area contributed by atoms with Crippen LogP contribution in [0.3, 0.4) is 0 Å². The predicted molar refractivity (Wildman–Crippen MR) is 124 cm³/mol. The zero-order valence-corrected chi connectivity index (χ0v) is 18.4. The molecule has 1 amide bonds. The number of nitrogens with zero attached hydrogens (tertiary/aromatic N) is 3. The van der Waals surface area contributed by atoms with Crippen LogP contribution < -0.4 is 10.1 Å². The van der Waals surface area contributed by atoms with Crippen LogP contribution in [0.5, 0.6) is 5.75 Å². The summed E-state index contributed by atoms with van der Waals surface area (Å²) in [4.78, 5) is 12.3. The molecule has 0 unspecified atom stereocenters. The highest BCUT2D eigenvalue weighted by molar-refractivity contribution is 7.99. The Kier molecular flexibility index (Phi) is 8.41. The largest absolute Gasteiger partial charge is 0.497 e. The molecule has 3 aromatic rings. The van der Waals surface area contributed by atoms with Crippen LogP contribution in [0.25, 0.3) is 0 Å². The van der Waals surface area contributed by atoms with Gasteiger partial charge in [0, 0.05) is 24.1 Å². The molecular weight excluding hydrogens is 416 g/mol. The summed E-state index contributed by atoms with van der Waals surface area (Å²) < 4.78 is 7.19. The first-order valence-corrected chi connectivity index (χ1v) is 11.5. The second-order valence-corrected chi connectivity index (χ2v) is 8.27. The summed E-state index contributed by atoms with van der Waals surface area (Å²) in [5.41, 5.74) is 1.98. The minimum atomic E-state index is -0.110. The maximum atomic E-state index is 12.3. The van der Waals surface area contributed by atoms with Crippen molar-refractivity contribution >= 4 is 35.1 Å². The summed E-state index contributed by atoms with van der Waals surface area (Å²) in [6.07, 6.45) is 1.81. The van der Waals surface area contributed by atoms with Gasteiger partial charge in [0.05, 0.1) is 18.6 Å². The molecule has 6 nitrogen and oxygen atoms in total. The lowest BCUT2D eigenvalue weighted by molar-refractivity contribution is -0.113. The summed E-state index contributed by atoms with van der Waals surface area (Å²) in [5.74, 6) is 3.36. The number of hydrogen-bond donors (Lipinski definition) is 1. The van der Waals surface area contributed by atoms with E-state index >= 15 is 0 Å². The first-order valence-electron chi connectivity index (χ1n) is 9.41. The van der Waals surface area contributed by atoms with Crippen molar-refractivity contribution in [1.82, 2.24) is 14.8 Å². The van der Waals surface area contributed by atoms with E-state index in [-0.39, 0.29) is 11.7 Å². The third-order valence-electron chi connectivity index (χ3n) is 4.13. The first-order chi connectivity index (χ1) is 14.7. The minimum absolute atomic E-state index is 0.110. The zero-order chi connectivity index (χ0) is 21.2. The molecule has 1 aromatic heterocycles. The van der Waals surface area contributed by atoms with Gasteiger partial charge in [-0.05, 0) is 17.7 Å². The summed E-state index contributed by atoms with van der Waals surface area (Å²) in [7, 11) is 1.60. The van der Waals surface area contributed by atoms with Crippen molar-refractivity contribution in [2.24, 2.45) is 0 Å². The van der Waals surface area contributed by atoms with Gasteiger partial charge < -0.3 is 14.6 Å². The highest BCUT2D eigenvalue weighted by atomic mass is 32.2. The molecule has 0 atom stereocenters. The zero-order valence-electron chi connectivity index (χ0n) is 16.8. The maximum Gasteiger partial charge on any atom is 0.234 e. The lowest BCUT2D eigenvalue weighted by Gasteiger charge is -2.09. The molecule has 3 rings (SSSR count). The molecule has 0 aliphatic heterocycles. The van der Waals surface area contributed by atoms with Gasteiger partial charge in [0.15, 0.2) is 5.16 Å². The van der Waals surface area contributed by atoms with E-state index in [0.717, 1.165) is 17.3 Å². The number of rotatable bonds is 11. The molecule has 0 saturated carbocycles. The van der Waals surface area contributed by atoms with Crippen LogP contribution in [-0.2, 0) is 22.8 Å². The monoisotopic (exact) mass is 440 g/mol. The van der Waals surface area contributed by atoms with E-state index in [0.29, 0.717) is 23.1 Å². The number of benzene rings is 2. The van der Waals surface area contributed by atoms with Crippen molar-refractivity contribution in [3.63, 3.8) is 0 Å². The molecule has 30 heavy (non-hydrogen) atoms. The van der Waals surface area contributed by atoms with Gasteiger partial charge in [-0.2, -0.15) is 0 Å². The number of allylic oxidation sites excluding steroid dienone is 1. The Bertz CT molecular complexity index is 976. The van der Waals surface area contributed by atoms with Gasteiger partial charge >= 0.3 is 0 Å². The number of ether oxygens (including phenoxy) is 1. The minimum Gasteiger partial charge on any atom is -0.497 e. The maximum absolute atomic E-state index is 12.3. The fourth-order valence-corrected chi connectivity index (χ4v) is 4.40. The standard InChI is InChI=1S/C22H24N4O2S2/c1-3-12-26-20(15-29-14-17-8-5-4-6-9-17)24-25-22(26)30-16-21(27)23-18-10-7-11-19(13-18)28-2/h3-11,13H,1,12,14-16H2,2H3,(H,23,27). The van der Waals surface area contributed by atoms with E-state index in [4.69, 9.17) is 4.74 Å². The summed E-state index contributed by atoms with van der Waals surface area (Å²) in [6, 6.07) is 17.6. The van der Waals surface area contributed by atoms with Gasteiger partial charge in [0.2, 0.25) is 5.91 Å². The van der Waals surface area contributed by atoms with Crippen LogP contribution in [0.2, 0.25) is 0 Å². The van der Waals surface area contributed by atoms with E-state index in [2.05, 4.69) is 34.2 Å². The number of nitrogens with one attached hydrogen (secondary N) is 1. The second kappa shape index (κ2) is 11.5. The lowest BCUT2D eigenvalue weighted by Crippen LogP contribution is -2.14. The fourth-order valence-electron chi connectivity index (χ4n) is 2.71. The quantitative estimate of drug-likeness (QED) is 0.346. The van der Waals surface area contributed by atoms with Gasteiger partial charge in [-0.15, -0.1) is 28.5 Å². The van der Waals surface area contributed by atoms with Crippen molar-refractivity contribution in [2.45, 2.75) is 23.2 Å². The first kappa shape index (κ1) is 22.0. The highest BCUT2D eigenvalue weighted by Crippen LogP contribution is 2.23. The average molecular weight is 441 g/mol. The van der Waals surface area contributed by atoms with Crippen molar-refractivity contribution in [3.05, 3.63) is 78.6 Å². The Morgan fingerprint density at radius 3 is 2.77 bits per heavy atom. The molecule has 0 bridgehead atoms. The van der Waals surface area contributed by atoms with Crippen LogP contribution in [0.1, 0.15) is 11.4 Å². The van der Waals surface area contributed by atoms with E-state index in [9.17, 15) is 4.79 Å². The molecule has 1 heterocycles. The average Bonchev–Trinajstić information content (AvgIpc) is 3.15. The normalized spacial score (nSPS) is 10.6. The van der Waals surface area contributed by atoms with E-state index < -0.39 is 0 Å². The second-order valence-electron chi connectivity index (χ2n) is 6.35. The Hall–Kier alpha value is -2.71. The molecule has 0 aliphatic carbocycles. The smallest absolute Gasteiger partial charge is 0.234 e. The van der Waals surface area contributed by atoms with E-state index in [1.165, 1.54) is 17.3 Å². The number of hydrogen-bond acceptors (Lipinski definition) is 6. The van der Waals surface area contributed by atoms with Crippen molar-refractivity contribution < 1.29 is 9.53 Å². The predicted octanol–water partition coefficient (Wildman–Crippen LogP) is 4.64. The van der Waals surface area contributed by atoms with Crippen molar-refractivity contribution in [2.75, 3.05) is 18.2 Å². The fraction of sp³-hybridized carbons (Fsp3) is 0.227. The third-order valence-corrected chi connectivity index (χ3v) is 6.10. The van der Waals surface area contributed by atoms with Gasteiger partial charge in [-0.3, -0.25) is 4.79 Å². The topological polar surface area (TPSA) is 69.0 Å². The van der Waals surface area contributed by atoms with Crippen LogP contribution in [0.4, 0.5) is 5.69 Å². The van der Waals surface area contributed by atoms with Gasteiger partial charge in [-0.25, -0.2) is 0 Å². The molecule has 0 spiro atoms. The summed E-state index contributed by atoms with van der Waals surface area (Å²) >= 11 is 3.15.